The zero-order valence-electron chi connectivity index (χ0n) is 18.7. The third-order valence-corrected chi connectivity index (χ3v) is 6.38. The number of halogens is 1. The highest BCUT2D eigenvalue weighted by molar-refractivity contribution is 6.30. The average molecular weight is 460 g/mol. The van der Waals surface area contributed by atoms with Crippen LogP contribution in [0, 0.1) is 0 Å². The van der Waals surface area contributed by atoms with E-state index in [1.165, 1.54) is 0 Å². The average Bonchev–Trinajstić information content (AvgIpc) is 3.18. The lowest BCUT2D eigenvalue weighted by atomic mass is 9.91. The molecule has 0 saturated carbocycles. The lowest BCUT2D eigenvalue weighted by Crippen LogP contribution is -2.58. The Morgan fingerprint density at radius 1 is 1.25 bits per heavy atom. The van der Waals surface area contributed by atoms with Crippen molar-refractivity contribution in [2.45, 2.75) is 45.1 Å². The summed E-state index contributed by atoms with van der Waals surface area (Å²) in [4.78, 5) is 26.3. The van der Waals surface area contributed by atoms with Crippen molar-refractivity contribution in [3.63, 3.8) is 0 Å². The van der Waals surface area contributed by atoms with Crippen molar-refractivity contribution in [1.82, 2.24) is 20.2 Å². The molecule has 1 aromatic carbocycles. The Morgan fingerprint density at radius 2 is 1.94 bits per heavy atom. The van der Waals surface area contributed by atoms with Crippen LogP contribution in [0.4, 0.5) is 5.82 Å². The van der Waals surface area contributed by atoms with Gasteiger partial charge in [0.15, 0.2) is 5.60 Å². The number of aliphatic hydroxyl groups is 1. The van der Waals surface area contributed by atoms with E-state index in [1.54, 1.807) is 35.5 Å². The SMILES string of the molecule is CC(C)NCC(O)(C(=O)N1CCN(c2ncnc3c2[C@H](C)OC3)CC1)c1ccc(Cl)cc1. The van der Waals surface area contributed by atoms with E-state index in [9.17, 15) is 9.90 Å². The molecule has 4 rings (SSSR count). The summed E-state index contributed by atoms with van der Waals surface area (Å²) in [6, 6.07) is 6.94. The van der Waals surface area contributed by atoms with Gasteiger partial charge in [-0.2, -0.15) is 0 Å². The van der Waals surface area contributed by atoms with Crippen LogP contribution in [0.25, 0.3) is 0 Å². The number of fused-ring (bicyclic) bond motifs is 1. The highest BCUT2D eigenvalue weighted by Crippen LogP contribution is 2.35. The number of ether oxygens (including phenoxy) is 1. The van der Waals surface area contributed by atoms with E-state index in [0.29, 0.717) is 43.4 Å². The Morgan fingerprint density at radius 3 is 2.59 bits per heavy atom. The van der Waals surface area contributed by atoms with Crippen molar-refractivity contribution in [2.24, 2.45) is 0 Å². The number of hydrogen-bond acceptors (Lipinski definition) is 7. The molecular formula is C23H30ClN5O3. The van der Waals surface area contributed by atoms with Gasteiger partial charge in [0.25, 0.3) is 5.91 Å². The maximum absolute atomic E-state index is 13.5. The zero-order valence-corrected chi connectivity index (χ0v) is 19.5. The maximum Gasteiger partial charge on any atom is 0.260 e. The minimum atomic E-state index is -1.67. The van der Waals surface area contributed by atoms with Gasteiger partial charge in [-0.1, -0.05) is 37.6 Å². The van der Waals surface area contributed by atoms with Crippen molar-refractivity contribution in [1.29, 1.82) is 0 Å². The third-order valence-electron chi connectivity index (χ3n) is 6.13. The number of piperazine rings is 1. The largest absolute Gasteiger partial charge is 0.374 e. The molecule has 32 heavy (non-hydrogen) atoms. The summed E-state index contributed by atoms with van der Waals surface area (Å²) in [5.74, 6) is 0.568. The first-order chi connectivity index (χ1) is 15.3. The number of carbonyl (C=O) groups is 1. The topological polar surface area (TPSA) is 90.8 Å². The van der Waals surface area contributed by atoms with Gasteiger partial charge in [0.2, 0.25) is 0 Å². The van der Waals surface area contributed by atoms with Gasteiger partial charge in [0.05, 0.1) is 18.4 Å². The predicted octanol–water partition coefficient (Wildman–Crippen LogP) is 2.26. The van der Waals surface area contributed by atoms with Crippen molar-refractivity contribution >= 4 is 23.3 Å². The van der Waals surface area contributed by atoms with E-state index in [1.807, 2.05) is 20.8 Å². The molecule has 8 nitrogen and oxygen atoms in total. The summed E-state index contributed by atoms with van der Waals surface area (Å²) < 4.78 is 5.72. The normalized spacial score (nSPS) is 20.4. The fraction of sp³-hybridized carbons (Fsp3) is 0.522. The van der Waals surface area contributed by atoms with Crippen LogP contribution >= 0.6 is 11.6 Å². The second-order valence-electron chi connectivity index (χ2n) is 8.69. The fourth-order valence-corrected chi connectivity index (χ4v) is 4.38. The monoisotopic (exact) mass is 459 g/mol. The Bertz CT molecular complexity index is 963. The standard InChI is InChI=1S/C23H30ClN5O3/c1-15(2)25-13-23(31,17-4-6-18(24)7-5-17)22(30)29-10-8-28(9-11-29)21-20-16(3)32-12-19(20)26-14-27-21/h4-7,14-16,25,31H,8-13H2,1-3H3/t16-,23?/m0/s1. The molecule has 0 spiro atoms. The van der Waals surface area contributed by atoms with E-state index < -0.39 is 5.60 Å². The van der Waals surface area contributed by atoms with E-state index >= 15 is 0 Å². The molecule has 0 bridgehead atoms. The van der Waals surface area contributed by atoms with Gasteiger partial charge in [0.1, 0.15) is 12.1 Å². The molecule has 9 heteroatoms. The van der Waals surface area contributed by atoms with Gasteiger partial charge < -0.3 is 25.0 Å². The summed E-state index contributed by atoms with van der Waals surface area (Å²) in [7, 11) is 0. The number of aromatic nitrogens is 2. The molecule has 3 heterocycles. The number of hydrogen-bond donors (Lipinski definition) is 2. The van der Waals surface area contributed by atoms with Gasteiger partial charge in [-0.3, -0.25) is 4.79 Å². The predicted molar refractivity (Wildman–Crippen MR) is 123 cm³/mol. The van der Waals surface area contributed by atoms with E-state index in [-0.39, 0.29) is 24.6 Å². The number of carbonyl (C=O) groups excluding carboxylic acids is 1. The van der Waals surface area contributed by atoms with Crippen molar-refractivity contribution in [2.75, 3.05) is 37.6 Å². The van der Waals surface area contributed by atoms with Crippen LogP contribution in [-0.2, 0) is 21.7 Å². The summed E-state index contributed by atoms with van der Waals surface area (Å²) in [5, 5.41) is 15.3. The first-order valence-electron chi connectivity index (χ1n) is 11.0. The van der Waals surface area contributed by atoms with E-state index in [4.69, 9.17) is 16.3 Å². The number of anilines is 1. The first-order valence-corrected chi connectivity index (χ1v) is 11.4. The minimum Gasteiger partial charge on any atom is -0.374 e. The quantitative estimate of drug-likeness (QED) is 0.684. The molecule has 2 aliphatic heterocycles. The second kappa shape index (κ2) is 9.31. The summed E-state index contributed by atoms with van der Waals surface area (Å²) >= 11 is 6.02. The highest BCUT2D eigenvalue weighted by Gasteiger charge is 2.42. The van der Waals surface area contributed by atoms with Gasteiger partial charge in [0, 0.05) is 49.4 Å². The number of nitrogens with one attached hydrogen (secondary N) is 1. The molecule has 1 amide bonds. The summed E-state index contributed by atoms with van der Waals surface area (Å²) in [6.45, 7) is 8.82. The zero-order chi connectivity index (χ0) is 22.9. The van der Waals surface area contributed by atoms with Crippen LogP contribution < -0.4 is 10.2 Å². The molecule has 172 valence electrons. The molecule has 1 fully saturated rings. The third kappa shape index (κ3) is 4.45. The molecule has 2 atom stereocenters. The van der Waals surface area contributed by atoms with Crippen LogP contribution in [0.1, 0.15) is 43.7 Å². The summed E-state index contributed by atoms with van der Waals surface area (Å²) in [6.07, 6.45) is 1.53. The molecule has 0 aliphatic carbocycles. The van der Waals surface area contributed by atoms with E-state index in [0.717, 1.165) is 17.1 Å². The first kappa shape index (κ1) is 22.9. The number of amides is 1. The van der Waals surface area contributed by atoms with Crippen LogP contribution in [0.15, 0.2) is 30.6 Å². The summed E-state index contributed by atoms with van der Waals surface area (Å²) in [5.41, 5.74) is 0.821. The van der Waals surface area contributed by atoms with Crippen LogP contribution in [0.5, 0.6) is 0 Å². The lowest BCUT2D eigenvalue weighted by molar-refractivity contribution is -0.152. The highest BCUT2D eigenvalue weighted by atomic mass is 35.5. The van der Waals surface area contributed by atoms with E-state index in [2.05, 4.69) is 20.2 Å². The van der Waals surface area contributed by atoms with Gasteiger partial charge in [-0.15, -0.1) is 0 Å². The number of rotatable bonds is 6. The Labute approximate surface area is 193 Å². The minimum absolute atomic E-state index is 0.0436. The molecule has 2 aromatic rings. The molecular weight excluding hydrogens is 430 g/mol. The van der Waals surface area contributed by atoms with Crippen LogP contribution in [-0.4, -0.2) is 64.6 Å². The Kier molecular flexibility index (Phi) is 6.67. The Hall–Kier alpha value is -2.26. The van der Waals surface area contributed by atoms with Crippen molar-refractivity contribution in [3.05, 3.63) is 52.4 Å². The molecule has 0 radical (unpaired) electrons. The molecule has 2 N–H and O–H groups in total. The second-order valence-corrected chi connectivity index (χ2v) is 9.13. The van der Waals surface area contributed by atoms with Crippen molar-refractivity contribution in [3.8, 4) is 0 Å². The van der Waals surface area contributed by atoms with Crippen LogP contribution in [0.3, 0.4) is 0 Å². The van der Waals surface area contributed by atoms with Crippen molar-refractivity contribution < 1.29 is 14.6 Å². The number of benzene rings is 1. The molecule has 1 aromatic heterocycles. The van der Waals surface area contributed by atoms with Gasteiger partial charge in [-0.05, 0) is 24.6 Å². The fourth-order valence-electron chi connectivity index (χ4n) is 4.25. The Balaban J connectivity index is 1.51. The lowest BCUT2D eigenvalue weighted by Gasteiger charge is -2.40. The van der Waals surface area contributed by atoms with Gasteiger partial charge in [-0.25, -0.2) is 9.97 Å². The molecule has 2 aliphatic rings. The maximum atomic E-state index is 13.5. The van der Waals surface area contributed by atoms with Crippen LogP contribution in [0.2, 0.25) is 5.02 Å². The molecule has 1 saturated heterocycles. The van der Waals surface area contributed by atoms with Gasteiger partial charge >= 0.3 is 0 Å². The number of nitrogens with zero attached hydrogens (tertiary/aromatic N) is 4. The smallest absolute Gasteiger partial charge is 0.260 e. The molecule has 1 unspecified atom stereocenters.